The van der Waals surface area contributed by atoms with E-state index in [1.54, 1.807) is 0 Å². The molecule has 6 heteroatoms. The zero-order valence-electron chi connectivity index (χ0n) is 9.63. The molecule has 1 nitrogen and oxygen atoms in total. The fourth-order valence-electron chi connectivity index (χ4n) is 1.01. The minimum absolute atomic E-state index is 0.959. The third-order valence-electron chi connectivity index (χ3n) is 2.25. The van der Waals surface area contributed by atoms with E-state index in [1.165, 1.54) is 5.69 Å². The molecule has 0 bridgehead atoms. The first-order valence-electron chi connectivity index (χ1n) is 4.92. The lowest BCUT2D eigenvalue weighted by Gasteiger charge is -2.27. The van der Waals surface area contributed by atoms with Gasteiger partial charge in [0.05, 0.1) is 20.6 Å². The molecule has 0 saturated heterocycles. The molecule has 0 atom stereocenters. The first-order valence-corrected chi connectivity index (χ1v) is 11.9. The average Bonchev–Trinajstić information content (AvgIpc) is 2.17. The Hall–Kier alpha value is 0.872. The molecule has 1 aromatic rings. The lowest BCUT2D eigenvalue weighted by Crippen LogP contribution is -2.39. The van der Waals surface area contributed by atoms with Crippen LogP contribution in [0.3, 0.4) is 0 Å². The summed E-state index contributed by atoms with van der Waals surface area (Å²) in [7, 11) is 21.5. The molecule has 0 saturated carbocycles. The van der Waals surface area contributed by atoms with Crippen molar-refractivity contribution in [1.82, 2.24) is 4.48 Å². The van der Waals surface area contributed by atoms with Crippen LogP contribution in [0, 0.1) is 0 Å². The Morgan fingerprint density at radius 3 is 1.69 bits per heavy atom. The largest absolute Gasteiger partial charge is 0.564 e. The van der Waals surface area contributed by atoms with Gasteiger partial charge in [-0.3, -0.25) is 4.48 Å². The summed E-state index contributed by atoms with van der Waals surface area (Å²) < 4.78 is 0.959. The molecule has 0 radical (unpaired) electrons. The molecule has 1 aromatic carbocycles. The van der Waals surface area contributed by atoms with Crippen molar-refractivity contribution in [1.29, 1.82) is 0 Å². The Bertz CT molecular complexity index is 291. The van der Waals surface area contributed by atoms with Crippen LogP contribution in [-0.2, 0) is 0 Å². The zero-order chi connectivity index (χ0) is 12.8. The number of quaternary nitrogens is 1. The first kappa shape index (κ1) is 16.9. The average molecular weight is 319 g/mol. The van der Waals surface area contributed by atoms with Gasteiger partial charge in [-0.05, 0) is 19.1 Å². The van der Waals surface area contributed by atoms with Gasteiger partial charge in [0.1, 0.15) is 5.69 Å². The van der Waals surface area contributed by atoms with Crippen molar-refractivity contribution in [2.24, 2.45) is 0 Å². The minimum Gasteiger partial charge on any atom is -0.391 e. The van der Waals surface area contributed by atoms with Crippen LogP contribution >= 0.6 is 40.2 Å². The Balaban J connectivity index is 0.000000385. The highest BCUT2D eigenvalue weighted by Gasteiger charge is 2.15. The molecule has 0 spiro atoms. The summed E-state index contributed by atoms with van der Waals surface area (Å²) in [5, 5.41) is 0. The summed E-state index contributed by atoms with van der Waals surface area (Å²) in [5.74, 6) is 0. The molecular formula is C10H16AlCl4N. The van der Waals surface area contributed by atoms with E-state index in [0.717, 1.165) is 11.0 Å². The van der Waals surface area contributed by atoms with Gasteiger partial charge in [0.2, 0.25) is 0 Å². The molecule has 1 rings (SSSR count). The van der Waals surface area contributed by atoms with Gasteiger partial charge in [-0.1, -0.05) is 18.2 Å². The fraction of sp³-hybridized carbons (Fsp3) is 0.400. The molecule has 0 aromatic heterocycles. The monoisotopic (exact) mass is 317 g/mol. The molecule has 92 valence electrons. The fourth-order valence-corrected chi connectivity index (χ4v) is 1.01. The Morgan fingerprint density at radius 2 is 1.38 bits per heavy atom. The second-order valence-electron chi connectivity index (χ2n) is 3.83. The van der Waals surface area contributed by atoms with E-state index in [4.69, 9.17) is 40.2 Å². The van der Waals surface area contributed by atoms with Crippen molar-refractivity contribution in [2.45, 2.75) is 6.92 Å². The number of nitrogens with zero attached hydrogens (tertiary/aromatic N) is 1. The summed E-state index contributed by atoms with van der Waals surface area (Å²) in [6, 6.07) is 10.6. The predicted octanol–water partition coefficient (Wildman–Crippen LogP) is 4.65. The standard InChI is InChI=1S/C10H16N.Al.4ClH/c1-4-11(2,3)10-8-6-5-7-9-10;;;;;/h5-9H,4H2,1-3H3;;4*1H/q+1;+3;;;;/p-4. The van der Waals surface area contributed by atoms with Gasteiger partial charge in [0, 0.05) is 0 Å². The molecule has 0 heterocycles. The number of para-hydroxylation sites is 1. The summed E-state index contributed by atoms with van der Waals surface area (Å²) in [4.78, 5) is 0. The topological polar surface area (TPSA) is 0 Å². The molecule has 0 unspecified atom stereocenters. The normalized spacial score (nSPS) is 11.7. The number of halogens is 4. The number of hydrogen-bond donors (Lipinski definition) is 0. The minimum atomic E-state index is -2.94. The van der Waals surface area contributed by atoms with E-state index < -0.39 is 9.39 Å². The van der Waals surface area contributed by atoms with Crippen molar-refractivity contribution in [3.8, 4) is 0 Å². The van der Waals surface area contributed by atoms with Crippen molar-refractivity contribution < 1.29 is 0 Å². The van der Waals surface area contributed by atoms with Gasteiger partial charge in [0.15, 0.2) is 0 Å². The van der Waals surface area contributed by atoms with E-state index in [9.17, 15) is 0 Å². The van der Waals surface area contributed by atoms with E-state index in [0.29, 0.717) is 0 Å². The summed E-state index contributed by atoms with van der Waals surface area (Å²) >= 11 is 0. The van der Waals surface area contributed by atoms with Gasteiger partial charge in [0.25, 0.3) is 0 Å². The van der Waals surface area contributed by atoms with E-state index in [1.807, 2.05) is 0 Å². The quantitative estimate of drug-likeness (QED) is 0.550. The highest BCUT2D eigenvalue weighted by Crippen LogP contribution is 2.23. The maximum Gasteiger partial charge on any atom is 0.564 e. The molecule has 0 aliphatic carbocycles. The number of benzene rings is 1. The van der Waals surface area contributed by atoms with Gasteiger partial charge >= 0.3 is 9.39 Å². The molecule has 0 N–H and O–H groups in total. The predicted molar refractivity (Wildman–Crippen MR) is 79.8 cm³/mol. The van der Waals surface area contributed by atoms with E-state index in [2.05, 4.69) is 51.4 Å². The zero-order valence-corrected chi connectivity index (χ0v) is 13.8. The van der Waals surface area contributed by atoms with Crippen molar-refractivity contribution >= 4 is 55.3 Å². The van der Waals surface area contributed by atoms with Crippen molar-refractivity contribution in [3.63, 3.8) is 0 Å². The second-order valence-corrected chi connectivity index (χ2v) is 16.7. The van der Waals surface area contributed by atoms with Crippen molar-refractivity contribution in [2.75, 3.05) is 20.6 Å². The SMILES string of the molecule is CC[N+](C)(C)c1ccccc1.[Cl][Al-]([Cl])([Cl])[Cl]. The van der Waals surface area contributed by atoms with Gasteiger partial charge in [-0.15, -0.1) is 0 Å². The maximum absolute atomic E-state index is 4.99. The summed E-state index contributed by atoms with van der Waals surface area (Å²) in [6.07, 6.45) is 0. The van der Waals surface area contributed by atoms with Crippen LogP contribution in [0.15, 0.2) is 30.3 Å². The Morgan fingerprint density at radius 1 is 1.00 bits per heavy atom. The van der Waals surface area contributed by atoms with E-state index in [-0.39, 0.29) is 0 Å². The van der Waals surface area contributed by atoms with Crippen LogP contribution in [0.1, 0.15) is 6.92 Å². The third-order valence-corrected chi connectivity index (χ3v) is 2.25. The summed E-state index contributed by atoms with van der Waals surface area (Å²) in [6.45, 7) is 3.33. The third kappa shape index (κ3) is 8.96. The maximum atomic E-state index is 4.99. The van der Waals surface area contributed by atoms with Crippen LogP contribution in [0.2, 0.25) is 0 Å². The van der Waals surface area contributed by atoms with Crippen LogP contribution in [-0.4, -0.2) is 30.0 Å². The highest BCUT2D eigenvalue weighted by atomic mass is 35.9. The molecule has 0 fully saturated rings. The first-order chi connectivity index (χ1) is 7.17. The molecule has 16 heavy (non-hydrogen) atoms. The lowest BCUT2D eigenvalue weighted by molar-refractivity contribution is 0.421. The molecule has 0 aliphatic rings. The second kappa shape index (κ2) is 7.34. The number of rotatable bonds is 2. The van der Waals surface area contributed by atoms with Crippen LogP contribution in [0.5, 0.6) is 0 Å². The van der Waals surface area contributed by atoms with Gasteiger partial charge in [-0.2, -0.15) is 0 Å². The van der Waals surface area contributed by atoms with Crippen LogP contribution in [0.4, 0.5) is 5.69 Å². The summed E-state index contributed by atoms with van der Waals surface area (Å²) in [5.41, 5.74) is 1.37. The molecule has 0 aliphatic heterocycles. The van der Waals surface area contributed by atoms with Crippen LogP contribution in [0.25, 0.3) is 0 Å². The van der Waals surface area contributed by atoms with Crippen molar-refractivity contribution in [3.05, 3.63) is 30.3 Å². The van der Waals surface area contributed by atoms with E-state index >= 15 is 0 Å². The van der Waals surface area contributed by atoms with Gasteiger partial charge < -0.3 is 40.2 Å². The Kier molecular flexibility index (Phi) is 7.74. The highest BCUT2D eigenvalue weighted by molar-refractivity contribution is 7.81. The lowest BCUT2D eigenvalue weighted by atomic mass is 10.2. The Labute approximate surface area is 117 Å². The van der Waals surface area contributed by atoms with Crippen LogP contribution < -0.4 is 4.48 Å². The molecular weight excluding hydrogens is 303 g/mol. The smallest absolute Gasteiger partial charge is 0.391 e. The molecule has 0 amide bonds. The van der Waals surface area contributed by atoms with Gasteiger partial charge in [-0.25, -0.2) is 0 Å². The number of hydrogen-bond acceptors (Lipinski definition) is 0.